The minimum atomic E-state index is -4.45. The second-order valence-corrected chi connectivity index (χ2v) is 5.89. The highest BCUT2D eigenvalue weighted by Gasteiger charge is 2.35. The van der Waals surface area contributed by atoms with Gasteiger partial charge in [0, 0.05) is 21.6 Å². The number of rotatable bonds is 3. The van der Waals surface area contributed by atoms with Gasteiger partial charge in [-0.15, -0.1) is 0 Å². The third kappa shape index (κ3) is 3.14. The first-order chi connectivity index (χ1) is 10.9. The van der Waals surface area contributed by atoms with Crippen LogP contribution in [0.5, 0.6) is 0 Å². The number of aldehydes is 1. The Hall–Kier alpha value is -2.15. The zero-order valence-electron chi connectivity index (χ0n) is 11.6. The number of nitrogens with zero attached hydrogens (tertiary/aromatic N) is 2. The summed E-state index contributed by atoms with van der Waals surface area (Å²) < 4.78 is 41.1. The molecule has 1 aromatic heterocycles. The highest BCUT2D eigenvalue weighted by Crippen LogP contribution is 2.37. The summed E-state index contributed by atoms with van der Waals surface area (Å²) in [5, 5.41) is 4.96. The van der Waals surface area contributed by atoms with E-state index in [1.165, 1.54) is 16.8 Å². The third-order valence-electron chi connectivity index (χ3n) is 3.43. The highest BCUT2D eigenvalue weighted by molar-refractivity contribution is 9.10. The minimum Gasteiger partial charge on any atom is -0.298 e. The molecule has 0 aliphatic rings. The predicted molar refractivity (Wildman–Crippen MR) is 83.4 cm³/mol. The summed E-state index contributed by atoms with van der Waals surface area (Å²) in [6.07, 6.45) is -2.11. The molecular weight excluding hydrogens is 373 g/mol. The van der Waals surface area contributed by atoms with Gasteiger partial charge in [0.1, 0.15) is 6.29 Å². The molecule has 0 spiro atoms. The van der Waals surface area contributed by atoms with Gasteiger partial charge in [0.25, 0.3) is 0 Å². The number of hydrogen-bond acceptors (Lipinski definition) is 2. The third-order valence-corrected chi connectivity index (χ3v) is 4.09. The second-order valence-electron chi connectivity index (χ2n) is 5.03. The lowest BCUT2D eigenvalue weighted by molar-refractivity contribution is -0.138. The molecule has 1 heterocycles. The van der Waals surface area contributed by atoms with E-state index >= 15 is 0 Å². The van der Waals surface area contributed by atoms with Gasteiger partial charge in [0.05, 0.1) is 17.6 Å². The fourth-order valence-corrected chi connectivity index (χ4v) is 3.07. The first-order valence-electron chi connectivity index (χ1n) is 6.65. The summed E-state index contributed by atoms with van der Waals surface area (Å²) in [7, 11) is 0. The van der Waals surface area contributed by atoms with Gasteiger partial charge in [-0.2, -0.15) is 18.3 Å². The van der Waals surface area contributed by atoms with Crippen molar-refractivity contribution in [2.24, 2.45) is 0 Å². The summed E-state index contributed by atoms with van der Waals surface area (Å²) in [5.74, 6) is 0. The van der Waals surface area contributed by atoms with Crippen LogP contribution in [0.3, 0.4) is 0 Å². The number of hydrogen-bond donors (Lipinski definition) is 0. The van der Waals surface area contributed by atoms with Gasteiger partial charge in [-0.25, -0.2) is 0 Å². The van der Waals surface area contributed by atoms with Crippen LogP contribution in [0, 0.1) is 0 Å². The molecular formula is C16H10BrF3N2O. The number of fused-ring (bicyclic) bond motifs is 1. The fourth-order valence-electron chi connectivity index (χ4n) is 2.44. The van der Waals surface area contributed by atoms with Crippen molar-refractivity contribution in [2.75, 3.05) is 0 Å². The number of carbonyl (C=O) groups excluding carboxylic acids is 1. The van der Waals surface area contributed by atoms with Crippen molar-refractivity contribution in [3.8, 4) is 0 Å². The lowest BCUT2D eigenvalue weighted by Gasteiger charge is -2.14. The van der Waals surface area contributed by atoms with Crippen LogP contribution in [0.2, 0.25) is 0 Å². The van der Waals surface area contributed by atoms with E-state index in [0.717, 1.165) is 0 Å². The molecule has 0 aliphatic heterocycles. The molecule has 3 nitrogen and oxygen atoms in total. The first-order valence-corrected chi connectivity index (χ1v) is 7.45. The van der Waals surface area contributed by atoms with Crippen LogP contribution in [0.15, 0.2) is 47.1 Å². The molecule has 0 saturated carbocycles. The summed E-state index contributed by atoms with van der Waals surface area (Å²) in [6, 6.07) is 9.28. The molecule has 0 bridgehead atoms. The van der Waals surface area contributed by atoms with E-state index < -0.39 is 11.7 Å². The maximum absolute atomic E-state index is 13.2. The molecule has 0 amide bonds. The summed E-state index contributed by atoms with van der Waals surface area (Å²) >= 11 is 2.96. The van der Waals surface area contributed by atoms with Gasteiger partial charge >= 0.3 is 6.18 Å². The van der Waals surface area contributed by atoms with E-state index in [0.29, 0.717) is 22.8 Å². The van der Waals surface area contributed by atoms with E-state index in [4.69, 9.17) is 0 Å². The van der Waals surface area contributed by atoms with Gasteiger partial charge in [0.15, 0.2) is 0 Å². The molecule has 0 saturated heterocycles. The summed E-state index contributed by atoms with van der Waals surface area (Å²) in [4.78, 5) is 10.8. The van der Waals surface area contributed by atoms with E-state index in [2.05, 4.69) is 21.0 Å². The van der Waals surface area contributed by atoms with Crippen LogP contribution in [0.1, 0.15) is 21.5 Å². The lowest BCUT2D eigenvalue weighted by atomic mass is 10.1. The molecule has 0 unspecified atom stereocenters. The quantitative estimate of drug-likeness (QED) is 0.616. The van der Waals surface area contributed by atoms with Crippen molar-refractivity contribution in [3.05, 3.63) is 63.8 Å². The SMILES string of the molecule is O=Cc1ccc2nn(Cc3cccc(Br)c3C(F)(F)F)cc2c1. The highest BCUT2D eigenvalue weighted by atomic mass is 79.9. The van der Waals surface area contributed by atoms with Crippen LogP contribution in [-0.2, 0) is 12.7 Å². The monoisotopic (exact) mass is 382 g/mol. The zero-order chi connectivity index (χ0) is 16.6. The topological polar surface area (TPSA) is 34.9 Å². The van der Waals surface area contributed by atoms with Gasteiger partial charge in [-0.3, -0.25) is 9.48 Å². The van der Waals surface area contributed by atoms with Crippen molar-refractivity contribution >= 4 is 33.1 Å². The molecule has 0 N–H and O–H groups in total. The van der Waals surface area contributed by atoms with Crippen LogP contribution >= 0.6 is 15.9 Å². The number of alkyl halides is 3. The van der Waals surface area contributed by atoms with Crippen molar-refractivity contribution in [1.82, 2.24) is 9.78 Å². The summed E-state index contributed by atoms with van der Waals surface area (Å²) in [6.45, 7) is -0.0145. The Kier molecular flexibility index (Phi) is 3.97. The van der Waals surface area contributed by atoms with Crippen LogP contribution in [0.4, 0.5) is 13.2 Å². The average molecular weight is 383 g/mol. The molecule has 118 valence electrons. The normalized spacial score (nSPS) is 11.8. The molecule has 0 radical (unpaired) electrons. The molecule has 7 heteroatoms. The van der Waals surface area contributed by atoms with E-state index in [1.807, 2.05) is 0 Å². The molecule has 0 fully saturated rings. The van der Waals surface area contributed by atoms with Crippen molar-refractivity contribution in [1.29, 1.82) is 0 Å². The molecule has 3 aromatic rings. The van der Waals surface area contributed by atoms with Gasteiger partial charge in [0.2, 0.25) is 0 Å². The van der Waals surface area contributed by atoms with Crippen LogP contribution in [0.25, 0.3) is 10.9 Å². The number of carbonyl (C=O) groups is 1. The maximum Gasteiger partial charge on any atom is 0.417 e. The zero-order valence-corrected chi connectivity index (χ0v) is 13.2. The van der Waals surface area contributed by atoms with Gasteiger partial charge in [-0.1, -0.05) is 28.1 Å². The Morgan fingerprint density at radius 2 is 2.00 bits per heavy atom. The molecule has 3 rings (SSSR count). The smallest absolute Gasteiger partial charge is 0.298 e. The Labute approximate surface area is 137 Å². The number of benzene rings is 2. The molecule has 0 aliphatic carbocycles. The van der Waals surface area contributed by atoms with E-state index in [9.17, 15) is 18.0 Å². The van der Waals surface area contributed by atoms with E-state index in [-0.39, 0.29) is 16.6 Å². The van der Waals surface area contributed by atoms with Crippen LogP contribution < -0.4 is 0 Å². The lowest BCUT2D eigenvalue weighted by Crippen LogP contribution is -2.13. The maximum atomic E-state index is 13.2. The Morgan fingerprint density at radius 3 is 2.70 bits per heavy atom. The van der Waals surface area contributed by atoms with E-state index in [1.54, 1.807) is 30.5 Å². The largest absolute Gasteiger partial charge is 0.417 e. The molecule has 2 aromatic carbocycles. The van der Waals surface area contributed by atoms with Crippen molar-refractivity contribution in [2.45, 2.75) is 12.7 Å². The summed E-state index contributed by atoms with van der Waals surface area (Å²) in [5.41, 5.74) is 0.540. The first kappa shape index (κ1) is 15.7. The Balaban J connectivity index is 2.03. The minimum absolute atomic E-state index is 0.00227. The van der Waals surface area contributed by atoms with Gasteiger partial charge < -0.3 is 0 Å². The van der Waals surface area contributed by atoms with Gasteiger partial charge in [-0.05, 0) is 29.8 Å². The molecule has 0 atom stereocenters. The average Bonchev–Trinajstić information content (AvgIpc) is 2.86. The molecule has 23 heavy (non-hydrogen) atoms. The number of aromatic nitrogens is 2. The Morgan fingerprint density at radius 1 is 1.22 bits per heavy atom. The van der Waals surface area contributed by atoms with Crippen molar-refractivity contribution < 1.29 is 18.0 Å². The Bertz CT molecular complexity index is 887. The van der Waals surface area contributed by atoms with Crippen molar-refractivity contribution in [3.63, 3.8) is 0 Å². The standard InChI is InChI=1S/C16H10BrF3N2O/c17-13-3-1-2-11(15(13)16(18,19)20)7-22-8-12-6-10(9-23)4-5-14(12)21-22/h1-6,8-9H,7H2. The second kappa shape index (κ2) is 5.81. The number of halogens is 4. The fraction of sp³-hybridized carbons (Fsp3) is 0.125. The van der Waals surface area contributed by atoms with Crippen LogP contribution in [-0.4, -0.2) is 16.1 Å². The predicted octanol–water partition coefficient (Wildman–Crippen LogP) is 4.68.